The Hall–Kier alpha value is -2.83. The van der Waals surface area contributed by atoms with Crippen LogP contribution in [0.4, 0.5) is 21.6 Å². The van der Waals surface area contributed by atoms with E-state index in [1.165, 1.54) is 50.9 Å². The van der Waals surface area contributed by atoms with Crippen molar-refractivity contribution in [2.45, 2.75) is 44.2 Å². The number of aromatic nitrogens is 1. The average molecular weight is 451 g/mol. The lowest BCUT2D eigenvalue weighted by Gasteiger charge is -2.48. The van der Waals surface area contributed by atoms with Crippen molar-refractivity contribution in [3.8, 4) is 0 Å². The molecule has 6 nitrogen and oxygen atoms in total. The molecule has 174 valence electrons. The minimum atomic E-state index is -0.506. The van der Waals surface area contributed by atoms with Gasteiger partial charge in [0.1, 0.15) is 11.6 Å². The molecule has 1 saturated carbocycles. The van der Waals surface area contributed by atoms with Crippen molar-refractivity contribution in [2.75, 3.05) is 48.0 Å². The SMILES string of the molecule is COC(=O)c1cc(F)cc(N2CCCC3C2CCN3c2cc(N3CC4CC(C4)C3)ccn2)c1. The number of methoxy groups -OCH3 is 1. The average Bonchev–Trinajstić information content (AvgIpc) is 3.27. The zero-order valence-corrected chi connectivity index (χ0v) is 19.1. The second-order valence-electron chi connectivity index (χ2n) is 10.1. The number of halogens is 1. The Kier molecular flexibility index (Phi) is 5.15. The lowest BCUT2D eigenvalue weighted by molar-refractivity contribution is 0.0600. The van der Waals surface area contributed by atoms with Crippen LogP contribution in [0, 0.1) is 17.7 Å². The van der Waals surface area contributed by atoms with Gasteiger partial charge in [-0.2, -0.15) is 0 Å². The summed E-state index contributed by atoms with van der Waals surface area (Å²) in [4.78, 5) is 24.1. The normalized spacial score (nSPS) is 28.4. The third kappa shape index (κ3) is 3.71. The van der Waals surface area contributed by atoms with Crippen LogP contribution >= 0.6 is 0 Å². The molecule has 2 aromatic rings. The van der Waals surface area contributed by atoms with Crippen molar-refractivity contribution in [2.24, 2.45) is 11.8 Å². The molecule has 0 amide bonds. The minimum Gasteiger partial charge on any atom is -0.465 e. The Morgan fingerprint density at radius 2 is 1.79 bits per heavy atom. The van der Waals surface area contributed by atoms with E-state index in [0.29, 0.717) is 6.04 Å². The summed E-state index contributed by atoms with van der Waals surface area (Å²) in [6.45, 7) is 4.14. The van der Waals surface area contributed by atoms with Gasteiger partial charge in [-0.3, -0.25) is 0 Å². The minimum absolute atomic E-state index is 0.262. The highest BCUT2D eigenvalue weighted by Crippen LogP contribution is 2.42. The summed E-state index contributed by atoms with van der Waals surface area (Å²) in [6, 6.07) is 9.58. The number of ether oxygens (including phenoxy) is 1. The molecule has 7 heteroatoms. The number of piperidine rings is 3. The first-order chi connectivity index (χ1) is 16.1. The second-order valence-corrected chi connectivity index (χ2v) is 10.1. The van der Waals surface area contributed by atoms with Gasteiger partial charge in [0, 0.05) is 49.8 Å². The fraction of sp³-hybridized carbons (Fsp3) is 0.538. The summed E-state index contributed by atoms with van der Waals surface area (Å²) in [5.41, 5.74) is 2.32. The summed E-state index contributed by atoms with van der Waals surface area (Å²) in [7, 11) is 1.33. The molecule has 1 aromatic heterocycles. The predicted octanol–water partition coefficient (Wildman–Crippen LogP) is 4.10. The molecule has 5 heterocycles. The van der Waals surface area contributed by atoms with Gasteiger partial charge in [-0.15, -0.1) is 0 Å². The fourth-order valence-electron chi connectivity index (χ4n) is 6.61. The molecule has 0 N–H and O–H groups in total. The molecular weight excluding hydrogens is 419 g/mol. The number of carbonyl (C=O) groups excluding carboxylic acids is 1. The van der Waals surface area contributed by atoms with E-state index in [9.17, 15) is 9.18 Å². The third-order valence-corrected chi connectivity index (χ3v) is 8.12. The lowest BCUT2D eigenvalue weighted by atomic mass is 9.71. The van der Waals surface area contributed by atoms with Crippen LogP contribution < -0.4 is 14.7 Å². The highest BCUT2D eigenvalue weighted by molar-refractivity contribution is 5.90. The fourth-order valence-corrected chi connectivity index (χ4v) is 6.61. The van der Waals surface area contributed by atoms with E-state index in [1.54, 1.807) is 6.07 Å². The van der Waals surface area contributed by atoms with Gasteiger partial charge in [0.15, 0.2) is 0 Å². The van der Waals surface area contributed by atoms with Crippen LogP contribution in [-0.2, 0) is 4.74 Å². The molecule has 2 atom stereocenters. The monoisotopic (exact) mass is 450 g/mol. The first-order valence-corrected chi connectivity index (χ1v) is 12.2. The summed E-state index contributed by atoms with van der Waals surface area (Å²) < 4.78 is 19.2. The molecular formula is C26H31FN4O2. The van der Waals surface area contributed by atoms with Crippen LogP contribution in [0.3, 0.4) is 0 Å². The molecule has 2 bridgehead atoms. The Morgan fingerprint density at radius 3 is 2.58 bits per heavy atom. The standard InChI is InChI=1S/C26H31FN4O2/c1-33-26(32)19-11-20(27)13-22(12-19)30-7-2-3-23-24(30)5-8-31(23)25-14-21(4-6-28-25)29-15-17-9-18(10-17)16-29/h4,6,11-14,17-18,23-24H,2-3,5,7-10,15-16H2,1H3. The van der Waals surface area contributed by atoms with Crippen LogP contribution in [0.2, 0.25) is 0 Å². The molecule has 7 rings (SSSR count). The molecule has 33 heavy (non-hydrogen) atoms. The Balaban J connectivity index is 1.24. The highest BCUT2D eigenvalue weighted by Gasteiger charge is 2.42. The van der Waals surface area contributed by atoms with Gasteiger partial charge in [0.2, 0.25) is 0 Å². The van der Waals surface area contributed by atoms with Crippen LogP contribution in [0.25, 0.3) is 0 Å². The first kappa shape index (κ1) is 20.8. The lowest BCUT2D eigenvalue weighted by Crippen LogP contribution is -2.50. The van der Waals surface area contributed by atoms with Crippen LogP contribution in [0.5, 0.6) is 0 Å². The molecule has 0 spiro atoms. The number of fused-ring (bicyclic) bond motifs is 3. The van der Waals surface area contributed by atoms with E-state index in [2.05, 4.69) is 26.8 Å². The topological polar surface area (TPSA) is 48.9 Å². The van der Waals surface area contributed by atoms with Crippen molar-refractivity contribution in [1.29, 1.82) is 0 Å². The maximum absolute atomic E-state index is 14.4. The summed E-state index contributed by atoms with van der Waals surface area (Å²) in [6.07, 6.45) is 7.87. The van der Waals surface area contributed by atoms with Crippen molar-refractivity contribution < 1.29 is 13.9 Å². The van der Waals surface area contributed by atoms with E-state index in [4.69, 9.17) is 9.72 Å². The van der Waals surface area contributed by atoms with E-state index < -0.39 is 11.8 Å². The smallest absolute Gasteiger partial charge is 0.338 e. The van der Waals surface area contributed by atoms with Gasteiger partial charge in [0.25, 0.3) is 0 Å². The number of rotatable bonds is 4. The van der Waals surface area contributed by atoms with Gasteiger partial charge >= 0.3 is 5.97 Å². The summed E-state index contributed by atoms with van der Waals surface area (Å²) in [5.74, 6) is 1.87. The molecule has 5 fully saturated rings. The zero-order chi connectivity index (χ0) is 22.5. The molecule has 1 aromatic carbocycles. The number of hydrogen-bond acceptors (Lipinski definition) is 6. The number of anilines is 3. The van der Waals surface area contributed by atoms with Crippen LogP contribution in [0.1, 0.15) is 42.5 Å². The van der Waals surface area contributed by atoms with Crippen LogP contribution in [0.15, 0.2) is 36.5 Å². The van der Waals surface area contributed by atoms with Crippen molar-refractivity contribution >= 4 is 23.2 Å². The predicted molar refractivity (Wildman–Crippen MR) is 127 cm³/mol. The molecule has 4 aliphatic heterocycles. The van der Waals surface area contributed by atoms with E-state index in [-0.39, 0.29) is 11.6 Å². The highest BCUT2D eigenvalue weighted by atomic mass is 19.1. The Labute approximate surface area is 194 Å². The zero-order valence-electron chi connectivity index (χ0n) is 19.1. The quantitative estimate of drug-likeness (QED) is 0.654. The van der Waals surface area contributed by atoms with Crippen LogP contribution in [-0.4, -0.2) is 56.3 Å². The number of pyridine rings is 1. The van der Waals surface area contributed by atoms with Crippen molar-refractivity contribution in [1.82, 2.24) is 4.98 Å². The largest absolute Gasteiger partial charge is 0.465 e. The number of nitrogens with zero attached hydrogens (tertiary/aromatic N) is 4. The molecule has 0 radical (unpaired) electrons. The summed E-state index contributed by atoms with van der Waals surface area (Å²) >= 11 is 0. The van der Waals surface area contributed by atoms with E-state index in [0.717, 1.165) is 55.7 Å². The number of hydrogen-bond donors (Lipinski definition) is 0. The first-order valence-electron chi connectivity index (χ1n) is 12.2. The second kappa shape index (κ2) is 8.19. The molecule has 5 aliphatic rings. The molecule has 2 unspecified atom stereocenters. The number of benzene rings is 1. The maximum Gasteiger partial charge on any atom is 0.338 e. The Bertz CT molecular complexity index is 1050. The van der Waals surface area contributed by atoms with Gasteiger partial charge in [-0.1, -0.05) is 0 Å². The van der Waals surface area contributed by atoms with Gasteiger partial charge in [-0.05, 0) is 68.2 Å². The van der Waals surface area contributed by atoms with Crippen molar-refractivity contribution in [3.05, 3.63) is 47.9 Å². The summed E-state index contributed by atoms with van der Waals surface area (Å²) in [5, 5.41) is 0. The van der Waals surface area contributed by atoms with E-state index in [1.807, 2.05) is 6.20 Å². The van der Waals surface area contributed by atoms with Gasteiger partial charge in [-0.25, -0.2) is 14.2 Å². The molecule has 1 aliphatic carbocycles. The van der Waals surface area contributed by atoms with Gasteiger partial charge in [0.05, 0.1) is 24.8 Å². The number of esters is 1. The third-order valence-electron chi connectivity index (χ3n) is 8.12. The number of carbonyl (C=O) groups is 1. The van der Waals surface area contributed by atoms with E-state index >= 15 is 0 Å². The maximum atomic E-state index is 14.4. The molecule has 4 saturated heterocycles. The van der Waals surface area contributed by atoms with Crippen molar-refractivity contribution in [3.63, 3.8) is 0 Å². The van der Waals surface area contributed by atoms with Gasteiger partial charge < -0.3 is 19.4 Å². The Morgan fingerprint density at radius 1 is 1.00 bits per heavy atom.